The van der Waals surface area contributed by atoms with Crippen LogP contribution in [0, 0.1) is 21.0 Å². The summed E-state index contributed by atoms with van der Waals surface area (Å²) in [5.74, 6) is -1.38. The van der Waals surface area contributed by atoms with E-state index in [2.05, 4.69) is 55.0 Å². The summed E-state index contributed by atoms with van der Waals surface area (Å²) in [7, 11) is 0. The van der Waals surface area contributed by atoms with Gasteiger partial charge in [0.1, 0.15) is 0 Å². The largest absolute Gasteiger partial charge is 0.386 e. The lowest BCUT2D eigenvalue weighted by molar-refractivity contribution is -0.187. The molecule has 0 aliphatic carbocycles. The zero-order valence-electron chi connectivity index (χ0n) is 11.9. The molecule has 0 heterocycles. The minimum absolute atomic E-state index is 0.368. The van der Waals surface area contributed by atoms with Gasteiger partial charge < -0.3 is 0 Å². The van der Waals surface area contributed by atoms with Crippen molar-refractivity contribution in [3.8, 4) is 0 Å². The van der Waals surface area contributed by atoms with Gasteiger partial charge in [-0.3, -0.25) is 0 Å². The fraction of sp³-hybridized carbons (Fsp3) is 0.125. The van der Waals surface area contributed by atoms with E-state index in [-0.39, 0.29) is 0 Å². The third kappa shape index (κ3) is 4.19. The Balaban J connectivity index is 2.06. The number of halogens is 2. The van der Waals surface area contributed by atoms with Crippen molar-refractivity contribution in [3.63, 3.8) is 0 Å². The van der Waals surface area contributed by atoms with E-state index >= 15 is 0 Å². The summed E-state index contributed by atoms with van der Waals surface area (Å²) < 4.78 is 2.02. The number of rotatable bonds is 2. The molecule has 2 aromatic carbocycles. The SMILES string of the molecule is Cc1cc(I)ccc1C(=O)OOC(=O)c1ccc(I)cc1C. The second-order valence-corrected chi connectivity index (χ2v) is 7.15. The van der Waals surface area contributed by atoms with Gasteiger partial charge in [-0.15, -0.1) is 0 Å². The molecule has 0 saturated carbocycles. The van der Waals surface area contributed by atoms with Crippen LogP contribution in [-0.4, -0.2) is 11.9 Å². The number of hydrogen-bond donors (Lipinski definition) is 0. The summed E-state index contributed by atoms with van der Waals surface area (Å²) in [5, 5.41) is 0. The van der Waals surface area contributed by atoms with Crippen molar-refractivity contribution >= 4 is 57.1 Å². The van der Waals surface area contributed by atoms with Crippen LogP contribution >= 0.6 is 45.2 Å². The third-order valence-electron chi connectivity index (χ3n) is 3.01. The van der Waals surface area contributed by atoms with Gasteiger partial charge in [-0.25, -0.2) is 19.4 Å². The Hall–Kier alpha value is -1.16. The molecule has 0 aromatic heterocycles. The topological polar surface area (TPSA) is 52.6 Å². The molecule has 0 N–H and O–H groups in total. The molecule has 6 heteroatoms. The number of aryl methyl sites for hydroxylation is 2. The standard InChI is InChI=1S/C16H12I2O4/c1-9-7-11(17)3-5-13(9)15(19)21-22-16(20)14-6-4-12(18)8-10(14)2/h3-8H,1-2H3. The van der Waals surface area contributed by atoms with Crippen molar-refractivity contribution < 1.29 is 19.4 Å². The molecule has 2 aromatic rings. The molecule has 114 valence electrons. The third-order valence-corrected chi connectivity index (χ3v) is 4.35. The first-order valence-electron chi connectivity index (χ1n) is 6.34. The summed E-state index contributed by atoms with van der Waals surface area (Å²) in [5.41, 5.74) is 2.26. The minimum Gasteiger partial charge on any atom is -0.241 e. The lowest BCUT2D eigenvalue weighted by Crippen LogP contribution is -2.13. The fourth-order valence-electron chi connectivity index (χ4n) is 1.88. The highest BCUT2D eigenvalue weighted by molar-refractivity contribution is 14.1. The van der Waals surface area contributed by atoms with Crippen LogP contribution < -0.4 is 0 Å². The smallest absolute Gasteiger partial charge is 0.241 e. The van der Waals surface area contributed by atoms with Crippen LogP contribution in [0.1, 0.15) is 31.8 Å². The summed E-state index contributed by atoms with van der Waals surface area (Å²) in [6, 6.07) is 10.6. The van der Waals surface area contributed by atoms with Crippen molar-refractivity contribution in [1.29, 1.82) is 0 Å². The lowest BCUT2D eigenvalue weighted by atomic mass is 10.1. The van der Waals surface area contributed by atoms with Crippen molar-refractivity contribution in [2.75, 3.05) is 0 Å². The number of benzene rings is 2. The van der Waals surface area contributed by atoms with Crippen molar-refractivity contribution in [2.45, 2.75) is 13.8 Å². The summed E-state index contributed by atoms with van der Waals surface area (Å²) in [6.45, 7) is 3.59. The molecule has 0 saturated heterocycles. The highest BCUT2D eigenvalue weighted by atomic mass is 127. The van der Waals surface area contributed by atoms with Gasteiger partial charge in [0.2, 0.25) is 0 Å². The molecule has 0 amide bonds. The minimum atomic E-state index is -0.689. The van der Waals surface area contributed by atoms with Crippen molar-refractivity contribution in [3.05, 3.63) is 65.8 Å². The van der Waals surface area contributed by atoms with Gasteiger partial charge in [0, 0.05) is 7.14 Å². The van der Waals surface area contributed by atoms with Crippen LogP contribution in [-0.2, 0) is 9.78 Å². The molecule has 0 bridgehead atoms. The molecule has 0 spiro atoms. The monoisotopic (exact) mass is 522 g/mol. The molecule has 0 radical (unpaired) electrons. The van der Waals surface area contributed by atoms with Gasteiger partial charge in [0.15, 0.2) is 0 Å². The van der Waals surface area contributed by atoms with Crippen LogP contribution in [0.5, 0.6) is 0 Å². The molecule has 4 nitrogen and oxygen atoms in total. The van der Waals surface area contributed by atoms with Gasteiger partial charge >= 0.3 is 11.9 Å². The summed E-state index contributed by atoms with van der Waals surface area (Å²) in [6.07, 6.45) is 0. The van der Waals surface area contributed by atoms with E-state index in [0.717, 1.165) is 18.3 Å². The van der Waals surface area contributed by atoms with Gasteiger partial charge in [0.25, 0.3) is 0 Å². The van der Waals surface area contributed by atoms with Crippen LogP contribution in [0.15, 0.2) is 36.4 Å². The van der Waals surface area contributed by atoms with E-state index in [1.807, 2.05) is 12.1 Å². The molecule has 22 heavy (non-hydrogen) atoms. The predicted octanol–water partition coefficient (Wildman–Crippen LogP) is 4.44. The van der Waals surface area contributed by atoms with E-state index in [1.165, 1.54) is 0 Å². The van der Waals surface area contributed by atoms with E-state index < -0.39 is 11.9 Å². The Labute approximate surface area is 155 Å². The van der Waals surface area contributed by atoms with Gasteiger partial charge in [-0.05, 0) is 107 Å². The molecule has 0 fully saturated rings. The van der Waals surface area contributed by atoms with Crippen molar-refractivity contribution in [1.82, 2.24) is 0 Å². The summed E-state index contributed by atoms with van der Waals surface area (Å²) >= 11 is 4.31. The molecular formula is C16H12I2O4. The molecule has 0 aliphatic heterocycles. The van der Waals surface area contributed by atoms with E-state index in [9.17, 15) is 9.59 Å². The number of carbonyl (C=O) groups excluding carboxylic acids is 2. The van der Waals surface area contributed by atoms with Gasteiger partial charge in [-0.1, -0.05) is 0 Å². The Bertz CT molecular complexity index is 677. The first kappa shape index (κ1) is 17.2. The lowest BCUT2D eigenvalue weighted by Gasteiger charge is -2.07. The molecule has 0 aliphatic rings. The number of hydrogen-bond acceptors (Lipinski definition) is 4. The average molecular weight is 522 g/mol. The van der Waals surface area contributed by atoms with Crippen molar-refractivity contribution in [2.24, 2.45) is 0 Å². The first-order valence-corrected chi connectivity index (χ1v) is 8.49. The maximum absolute atomic E-state index is 11.9. The maximum atomic E-state index is 11.9. The molecule has 0 atom stereocenters. The first-order chi connectivity index (χ1) is 10.4. The normalized spacial score (nSPS) is 10.2. The zero-order valence-corrected chi connectivity index (χ0v) is 16.2. The number of carbonyl (C=O) groups is 2. The van der Waals surface area contributed by atoms with E-state index in [1.54, 1.807) is 38.1 Å². The van der Waals surface area contributed by atoms with E-state index in [0.29, 0.717) is 11.1 Å². The zero-order chi connectivity index (χ0) is 16.3. The van der Waals surface area contributed by atoms with Gasteiger partial charge in [-0.2, -0.15) is 0 Å². The van der Waals surface area contributed by atoms with Crippen LogP contribution in [0.25, 0.3) is 0 Å². The second kappa shape index (κ2) is 7.40. The molecular weight excluding hydrogens is 510 g/mol. The predicted molar refractivity (Wildman–Crippen MR) is 98.6 cm³/mol. The highest BCUT2D eigenvalue weighted by Gasteiger charge is 2.17. The van der Waals surface area contributed by atoms with Gasteiger partial charge in [0.05, 0.1) is 11.1 Å². The molecule has 0 unspecified atom stereocenters. The maximum Gasteiger partial charge on any atom is 0.386 e. The van der Waals surface area contributed by atoms with E-state index in [4.69, 9.17) is 0 Å². The van der Waals surface area contributed by atoms with Crippen LogP contribution in [0.4, 0.5) is 0 Å². The van der Waals surface area contributed by atoms with Crippen LogP contribution in [0.2, 0.25) is 0 Å². The fourth-order valence-corrected chi connectivity index (χ4v) is 3.17. The Morgan fingerprint density at radius 1 is 0.773 bits per heavy atom. The average Bonchev–Trinajstić information content (AvgIpc) is 2.44. The highest BCUT2D eigenvalue weighted by Crippen LogP contribution is 2.16. The Kier molecular flexibility index (Phi) is 5.79. The Morgan fingerprint density at radius 3 is 1.45 bits per heavy atom. The van der Waals surface area contributed by atoms with Crippen LogP contribution in [0.3, 0.4) is 0 Å². The summed E-state index contributed by atoms with van der Waals surface area (Å²) in [4.78, 5) is 33.2. The Morgan fingerprint density at radius 2 is 1.14 bits per heavy atom. The molecule has 2 rings (SSSR count). The second-order valence-electron chi connectivity index (χ2n) is 4.66. The quantitative estimate of drug-likeness (QED) is 0.333.